The molecule has 1 unspecified atom stereocenters. The summed E-state index contributed by atoms with van der Waals surface area (Å²) < 4.78 is 26.0. The van der Waals surface area contributed by atoms with E-state index in [9.17, 15) is 15.0 Å². The van der Waals surface area contributed by atoms with Crippen LogP contribution < -0.4 is 15.0 Å². The lowest BCUT2D eigenvalue weighted by molar-refractivity contribution is -0.137. The summed E-state index contributed by atoms with van der Waals surface area (Å²) in [6.45, 7) is 9.44. The van der Waals surface area contributed by atoms with Crippen LogP contribution in [0.4, 0.5) is 21.5 Å². The maximum atomic E-state index is 15.0. The first-order valence-corrected chi connectivity index (χ1v) is 12.7. The van der Waals surface area contributed by atoms with Crippen molar-refractivity contribution >= 4 is 23.0 Å². The molecule has 0 bridgehead atoms. The van der Waals surface area contributed by atoms with Gasteiger partial charge in [0.2, 0.25) is 0 Å². The van der Waals surface area contributed by atoms with Crippen molar-refractivity contribution in [2.75, 3.05) is 36.6 Å². The lowest BCUT2D eigenvalue weighted by Gasteiger charge is -2.40. The lowest BCUT2D eigenvalue weighted by Crippen LogP contribution is -2.47. The number of ether oxygens (including phenoxy) is 2. The van der Waals surface area contributed by atoms with Gasteiger partial charge in [-0.3, -0.25) is 4.79 Å². The summed E-state index contributed by atoms with van der Waals surface area (Å²) in [5, 5.41) is 23.4. The molecule has 1 aliphatic heterocycles. The SMILES string of the molecule is CCOc1ccc(Nc2cc(C(CC)CC(=O)O)ccc2N(CC(C)(C)O)C2CCOCC2)c(F)c1. The molecule has 1 fully saturated rings. The number of benzene rings is 2. The van der Waals surface area contributed by atoms with Crippen LogP contribution in [-0.4, -0.2) is 54.2 Å². The molecule has 7 nitrogen and oxygen atoms in total. The molecule has 36 heavy (non-hydrogen) atoms. The van der Waals surface area contributed by atoms with Crippen molar-refractivity contribution < 1.29 is 28.9 Å². The molecule has 0 aromatic heterocycles. The van der Waals surface area contributed by atoms with Crippen molar-refractivity contribution in [1.29, 1.82) is 0 Å². The Morgan fingerprint density at radius 2 is 1.92 bits per heavy atom. The molecular weight excluding hydrogens is 463 g/mol. The number of nitrogens with one attached hydrogen (secondary N) is 1. The van der Waals surface area contributed by atoms with Gasteiger partial charge in [-0.2, -0.15) is 0 Å². The molecule has 198 valence electrons. The van der Waals surface area contributed by atoms with Crippen LogP contribution in [0.15, 0.2) is 36.4 Å². The molecule has 1 atom stereocenters. The Morgan fingerprint density at radius 1 is 1.19 bits per heavy atom. The van der Waals surface area contributed by atoms with E-state index >= 15 is 4.39 Å². The number of carbonyl (C=O) groups is 1. The maximum Gasteiger partial charge on any atom is 0.303 e. The zero-order valence-electron chi connectivity index (χ0n) is 21.7. The first-order valence-electron chi connectivity index (χ1n) is 12.7. The minimum absolute atomic E-state index is 0.0139. The normalized spacial score (nSPS) is 15.4. The fourth-order valence-corrected chi connectivity index (χ4v) is 4.69. The van der Waals surface area contributed by atoms with Crippen LogP contribution in [0.5, 0.6) is 5.75 Å². The van der Waals surface area contributed by atoms with Gasteiger partial charge < -0.3 is 29.9 Å². The lowest BCUT2D eigenvalue weighted by atomic mass is 9.92. The third kappa shape index (κ3) is 7.58. The summed E-state index contributed by atoms with van der Waals surface area (Å²) in [6, 6.07) is 10.7. The average molecular weight is 503 g/mol. The van der Waals surface area contributed by atoms with E-state index in [2.05, 4.69) is 10.2 Å². The van der Waals surface area contributed by atoms with Gasteiger partial charge in [-0.05, 0) is 75.8 Å². The fourth-order valence-electron chi connectivity index (χ4n) is 4.69. The highest BCUT2D eigenvalue weighted by molar-refractivity contribution is 5.77. The molecule has 8 heteroatoms. The molecule has 1 saturated heterocycles. The largest absolute Gasteiger partial charge is 0.494 e. The predicted molar refractivity (Wildman–Crippen MR) is 140 cm³/mol. The summed E-state index contributed by atoms with van der Waals surface area (Å²) in [5.41, 5.74) is 1.68. The molecular formula is C28H39FN2O5. The van der Waals surface area contributed by atoms with Gasteiger partial charge in [0.05, 0.1) is 35.7 Å². The predicted octanol–water partition coefficient (Wildman–Crippen LogP) is 5.69. The van der Waals surface area contributed by atoms with Crippen LogP contribution in [0.3, 0.4) is 0 Å². The van der Waals surface area contributed by atoms with Crippen LogP contribution in [0.25, 0.3) is 0 Å². The van der Waals surface area contributed by atoms with E-state index in [4.69, 9.17) is 9.47 Å². The van der Waals surface area contributed by atoms with Crippen LogP contribution >= 0.6 is 0 Å². The average Bonchev–Trinajstić information content (AvgIpc) is 2.83. The zero-order valence-corrected chi connectivity index (χ0v) is 21.7. The second kappa shape index (κ2) is 12.4. The molecule has 0 spiro atoms. The van der Waals surface area contributed by atoms with E-state index in [0.717, 1.165) is 24.1 Å². The molecule has 3 rings (SSSR count). The number of rotatable bonds is 12. The Labute approximate surface area is 213 Å². The second-order valence-electron chi connectivity index (χ2n) is 9.96. The Kier molecular flexibility index (Phi) is 9.56. The topological polar surface area (TPSA) is 91.3 Å². The van der Waals surface area contributed by atoms with Crippen LogP contribution in [0.1, 0.15) is 64.9 Å². The van der Waals surface area contributed by atoms with Gasteiger partial charge in [-0.25, -0.2) is 4.39 Å². The molecule has 2 aromatic rings. The molecule has 0 amide bonds. The van der Waals surface area contributed by atoms with Gasteiger partial charge in [-0.15, -0.1) is 0 Å². The third-order valence-electron chi connectivity index (χ3n) is 6.43. The van der Waals surface area contributed by atoms with Crippen molar-refractivity contribution in [1.82, 2.24) is 0 Å². The minimum atomic E-state index is -0.964. The summed E-state index contributed by atoms with van der Waals surface area (Å²) in [7, 11) is 0. The van der Waals surface area contributed by atoms with Gasteiger partial charge >= 0.3 is 5.97 Å². The van der Waals surface area contributed by atoms with E-state index < -0.39 is 17.4 Å². The van der Waals surface area contributed by atoms with Crippen molar-refractivity contribution in [3.8, 4) is 5.75 Å². The number of aliphatic carboxylic acids is 1. The first kappa shape index (κ1) is 27.7. The van der Waals surface area contributed by atoms with Gasteiger partial charge in [0.15, 0.2) is 0 Å². The summed E-state index contributed by atoms with van der Waals surface area (Å²) in [4.78, 5) is 13.6. The Hall–Kier alpha value is -2.84. The van der Waals surface area contributed by atoms with Gasteiger partial charge in [-0.1, -0.05) is 13.0 Å². The van der Waals surface area contributed by atoms with Crippen molar-refractivity contribution in [2.24, 2.45) is 0 Å². The Bertz CT molecular complexity index is 1020. The Morgan fingerprint density at radius 3 is 2.50 bits per heavy atom. The number of carboxylic acid groups (broad SMARTS) is 1. The maximum absolute atomic E-state index is 15.0. The van der Waals surface area contributed by atoms with E-state index in [1.165, 1.54) is 6.07 Å². The van der Waals surface area contributed by atoms with Gasteiger partial charge in [0, 0.05) is 31.9 Å². The number of hydrogen-bond acceptors (Lipinski definition) is 6. The second-order valence-corrected chi connectivity index (χ2v) is 9.96. The zero-order chi connectivity index (χ0) is 26.3. The standard InChI is InChI=1S/C28H39FN2O5/c1-5-19(16-27(32)33)20-7-10-26(31(18-28(3,4)34)21-11-13-35-14-12-21)25(15-20)30-24-9-8-22(36-6-2)17-23(24)29/h7-10,15,17,19,21,30,34H,5-6,11-14,16,18H2,1-4H3,(H,32,33). The highest BCUT2D eigenvalue weighted by atomic mass is 19.1. The number of aliphatic hydroxyl groups is 1. The van der Waals surface area contributed by atoms with Gasteiger partial charge in [0.1, 0.15) is 11.6 Å². The van der Waals surface area contributed by atoms with E-state index in [-0.39, 0.29) is 18.4 Å². The smallest absolute Gasteiger partial charge is 0.303 e. The van der Waals surface area contributed by atoms with Crippen LogP contribution in [0, 0.1) is 5.82 Å². The van der Waals surface area contributed by atoms with Gasteiger partial charge in [0.25, 0.3) is 0 Å². The molecule has 0 saturated carbocycles. The van der Waals surface area contributed by atoms with Crippen molar-refractivity contribution in [3.05, 3.63) is 47.8 Å². The summed E-state index contributed by atoms with van der Waals surface area (Å²) in [5.74, 6) is -1.03. The van der Waals surface area contributed by atoms with E-state index in [1.807, 2.05) is 32.0 Å². The highest BCUT2D eigenvalue weighted by Crippen LogP contribution is 2.38. The number of anilines is 3. The van der Waals surface area contributed by atoms with E-state index in [1.54, 1.807) is 26.0 Å². The quantitative estimate of drug-likeness (QED) is 0.343. The molecule has 1 heterocycles. The third-order valence-corrected chi connectivity index (χ3v) is 6.43. The van der Waals surface area contributed by atoms with Crippen molar-refractivity contribution in [2.45, 2.75) is 70.9 Å². The molecule has 0 radical (unpaired) electrons. The number of nitrogens with zero attached hydrogens (tertiary/aromatic N) is 1. The number of halogens is 1. The monoisotopic (exact) mass is 502 g/mol. The van der Waals surface area contributed by atoms with E-state index in [0.29, 0.717) is 49.9 Å². The summed E-state index contributed by atoms with van der Waals surface area (Å²) >= 11 is 0. The van der Waals surface area contributed by atoms with Crippen LogP contribution in [-0.2, 0) is 9.53 Å². The number of carboxylic acids is 1. The molecule has 1 aliphatic rings. The molecule has 2 aromatic carbocycles. The molecule has 3 N–H and O–H groups in total. The number of hydrogen-bond donors (Lipinski definition) is 3. The van der Waals surface area contributed by atoms with Crippen LogP contribution in [0.2, 0.25) is 0 Å². The minimum Gasteiger partial charge on any atom is -0.494 e. The fraction of sp³-hybridized carbons (Fsp3) is 0.536. The Balaban J connectivity index is 2.08. The first-order chi connectivity index (χ1) is 17.1. The van der Waals surface area contributed by atoms with Crippen molar-refractivity contribution in [3.63, 3.8) is 0 Å². The summed E-state index contributed by atoms with van der Waals surface area (Å²) in [6.07, 6.45) is 2.30. The highest BCUT2D eigenvalue weighted by Gasteiger charge is 2.29. The molecule has 0 aliphatic carbocycles.